The first-order valence-electron chi connectivity index (χ1n) is 8.45. The van der Waals surface area contributed by atoms with Gasteiger partial charge in [0.15, 0.2) is 0 Å². The normalized spacial score (nSPS) is 10.6. The highest BCUT2D eigenvalue weighted by molar-refractivity contribution is 7.98. The second-order valence-corrected chi connectivity index (χ2v) is 6.89. The third kappa shape index (κ3) is 4.54. The molecule has 0 aliphatic carbocycles. The van der Waals surface area contributed by atoms with Crippen LogP contribution in [0.3, 0.4) is 0 Å². The molecule has 0 radical (unpaired) electrons. The monoisotopic (exact) mass is 415 g/mol. The molecule has 0 saturated heterocycles. The maximum absolute atomic E-state index is 12.7. The number of hydrogen-bond donors (Lipinski definition) is 0. The zero-order valence-electron chi connectivity index (χ0n) is 15.9. The highest BCUT2D eigenvalue weighted by atomic mass is 32.2. The molecule has 1 aromatic carbocycles. The van der Waals surface area contributed by atoms with Crippen LogP contribution in [0.4, 0.5) is 5.69 Å². The molecule has 0 N–H and O–H groups in total. The number of nitro benzene ring substituents is 1. The minimum atomic E-state index is -0.743. The number of pyridine rings is 1. The van der Waals surface area contributed by atoms with Crippen molar-refractivity contribution in [2.75, 3.05) is 7.11 Å². The summed E-state index contributed by atoms with van der Waals surface area (Å²) in [6.45, 7) is 3.65. The van der Waals surface area contributed by atoms with Crippen LogP contribution in [0.15, 0.2) is 46.1 Å². The van der Waals surface area contributed by atoms with Gasteiger partial charge < -0.3 is 14.0 Å². The molecule has 0 atom stereocenters. The Morgan fingerprint density at radius 2 is 2.10 bits per heavy atom. The van der Waals surface area contributed by atoms with E-state index in [1.165, 1.54) is 37.1 Å². The second-order valence-electron chi connectivity index (χ2n) is 5.93. The van der Waals surface area contributed by atoms with Gasteiger partial charge in [-0.1, -0.05) is 5.16 Å². The summed E-state index contributed by atoms with van der Waals surface area (Å²) in [6, 6.07) is 7.15. The number of carbonyl (C=O) groups excluding carboxylic acids is 1. The lowest BCUT2D eigenvalue weighted by molar-refractivity contribution is -0.385. The molecule has 9 nitrogen and oxygen atoms in total. The molecule has 0 bridgehead atoms. The van der Waals surface area contributed by atoms with E-state index in [2.05, 4.69) is 10.1 Å². The largest absolute Gasteiger partial charge is 0.496 e. The number of carbonyl (C=O) groups is 1. The van der Waals surface area contributed by atoms with Crippen LogP contribution in [0.2, 0.25) is 0 Å². The van der Waals surface area contributed by atoms with E-state index in [4.69, 9.17) is 14.0 Å². The van der Waals surface area contributed by atoms with Crippen LogP contribution in [0, 0.1) is 24.0 Å². The Balaban J connectivity index is 1.83. The molecule has 0 aliphatic heterocycles. The van der Waals surface area contributed by atoms with E-state index in [0.717, 1.165) is 11.3 Å². The Kier molecular flexibility index (Phi) is 6.13. The fraction of sp³-hybridized carbons (Fsp3) is 0.211. The van der Waals surface area contributed by atoms with Crippen molar-refractivity contribution < 1.29 is 23.7 Å². The van der Waals surface area contributed by atoms with Crippen molar-refractivity contribution in [3.63, 3.8) is 0 Å². The highest BCUT2D eigenvalue weighted by Crippen LogP contribution is 2.33. The number of benzene rings is 1. The summed E-state index contributed by atoms with van der Waals surface area (Å²) in [4.78, 5) is 27.6. The molecular weight excluding hydrogens is 398 g/mol. The number of ether oxygens (including phenoxy) is 2. The molecule has 150 valence electrons. The predicted octanol–water partition coefficient (Wildman–Crippen LogP) is 4.11. The van der Waals surface area contributed by atoms with Crippen LogP contribution >= 0.6 is 11.8 Å². The Morgan fingerprint density at radius 1 is 1.31 bits per heavy atom. The quantitative estimate of drug-likeness (QED) is 0.185. The molecule has 3 aromatic rings. The van der Waals surface area contributed by atoms with Crippen molar-refractivity contribution in [2.45, 2.75) is 24.6 Å². The number of nitrogens with zero attached hydrogens (tertiary/aromatic N) is 3. The van der Waals surface area contributed by atoms with E-state index >= 15 is 0 Å². The highest BCUT2D eigenvalue weighted by Gasteiger charge is 2.22. The van der Waals surface area contributed by atoms with Gasteiger partial charge >= 0.3 is 11.7 Å². The van der Waals surface area contributed by atoms with Gasteiger partial charge in [-0.3, -0.25) is 10.1 Å². The summed E-state index contributed by atoms with van der Waals surface area (Å²) in [6.07, 6.45) is 1.56. The van der Waals surface area contributed by atoms with Crippen molar-refractivity contribution in [1.29, 1.82) is 0 Å². The number of esters is 1. The summed E-state index contributed by atoms with van der Waals surface area (Å²) >= 11 is 1.32. The summed E-state index contributed by atoms with van der Waals surface area (Å²) in [7, 11) is 1.39. The van der Waals surface area contributed by atoms with Gasteiger partial charge in [0, 0.05) is 17.5 Å². The van der Waals surface area contributed by atoms with Gasteiger partial charge in [0.25, 0.3) is 0 Å². The molecule has 29 heavy (non-hydrogen) atoms. The van der Waals surface area contributed by atoms with Crippen LogP contribution in [0.25, 0.3) is 0 Å². The predicted molar refractivity (Wildman–Crippen MR) is 104 cm³/mol. The Bertz CT molecular complexity index is 1050. The van der Waals surface area contributed by atoms with Crippen molar-refractivity contribution in [2.24, 2.45) is 0 Å². The molecule has 0 amide bonds. The zero-order valence-corrected chi connectivity index (χ0v) is 16.7. The van der Waals surface area contributed by atoms with E-state index in [1.807, 2.05) is 13.8 Å². The fourth-order valence-corrected chi connectivity index (χ4v) is 3.65. The zero-order chi connectivity index (χ0) is 21.0. The number of nitro groups is 1. The fourth-order valence-electron chi connectivity index (χ4n) is 2.52. The van der Waals surface area contributed by atoms with Gasteiger partial charge in [-0.2, -0.15) is 0 Å². The lowest BCUT2D eigenvalue weighted by Crippen LogP contribution is -2.11. The number of aryl methyl sites for hydroxylation is 2. The van der Waals surface area contributed by atoms with Crippen molar-refractivity contribution in [1.82, 2.24) is 10.1 Å². The molecule has 0 spiro atoms. The maximum atomic E-state index is 12.7. The molecule has 3 rings (SSSR count). The average molecular weight is 415 g/mol. The molecular formula is C19H17N3O6S. The van der Waals surface area contributed by atoms with Crippen molar-refractivity contribution >= 4 is 23.4 Å². The van der Waals surface area contributed by atoms with E-state index in [0.29, 0.717) is 16.5 Å². The van der Waals surface area contributed by atoms with Crippen molar-refractivity contribution in [3.8, 4) is 11.5 Å². The third-order valence-electron chi connectivity index (χ3n) is 4.09. The van der Waals surface area contributed by atoms with Crippen LogP contribution in [0.5, 0.6) is 11.5 Å². The number of thioether (sulfide) groups is 1. The lowest BCUT2D eigenvalue weighted by atomic mass is 10.2. The number of aromatic nitrogens is 2. The number of rotatable bonds is 7. The molecule has 10 heteroatoms. The third-order valence-corrected chi connectivity index (χ3v) is 5.12. The number of methoxy groups -OCH3 is 1. The van der Waals surface area contributed by atoms with Gasteiger partial charge in [0.05, 0.1) is 29.4 Å². The van der Waals surface area contributed by atoms with Crippen LogP contribution < -0.4 is 9.47 Å². The summed E-state index contributed by atoms with van der Waals surface area (Å²) in [5.74, 6) is 0.567. The Labute approximate surface area is 170 Å². The van der Waals surface area contributed by atoms with E-state index in [9.17, 15) is 14.9 Å². The van der Waals surface area contributed by atoms with Gasteiger partial charge in [-0.05, 0) is 38.1 Å². The summed E-state index contributed by atoms with van der Waals surface area (Å²) < 4.78 is 15.4. The average Bonchev–Trinajstić information content (AvgIpc) is 3.04. The van der Waals surface area contributed by atoms with Gasteiger partial charge in [0.1, 0.15) is 16.5 Å². The topological polar surface area (TPSA) is 118 Å². The first kappa shape index (κ1) is 20.3. The summed E-state index contributed by atoms with van der Waals surface area (Å²) in [5.41, 5.74) is 1.52. The van der Waals surface area contributed by atoms with E-state index in [-0.39, 0.29) is 22.7 Å². The van der Waals surface area contributed by atoms with Crippen LogP contribution in [-0.4, -0.2) is 28.1 Å². The summed E-state index contributed by atoms with van der Waals surface area (Å²) in [5, 5.41) is 15.6. The molecule has 0 saturated carbocycles. The molecule has 0 fully saturated rings. The van der Waals surface area contributed by atoms with Crippen LogP contribution in [-0.2, 0) is 5.75 Å². The van der Waals surface area contributed by atoms with E-state index in [1.54, 1.807) is 18.3 Å². The smallest absolute Gasteiger partial charge is 0.346 e. The minimum absolute atomic E-state index is 0.175. The van der Waals surface area contributed by atoms with E-state index < -0.39 is 10.9 Å². The minimum Gasteiger partial charge on any atom is -0.496 e. The molecule has 0 unspecified atom stereocenters. The Hall–Kier alpha value is -3.40. The van der Waals surface area contributed by atoms with Crippen LogP contribution in [0.1, 0.15) is 27.4 Å². The van der Waals surface area contributed by atoms with Gasteiger partial charge in [0.2, 0.25) is 5.75 Å². The number of hydrogen-bond acceptors (Lipinski definition) is 9. The Morgan fingerprint density at radius 3 is 2.76 bits per heavy atom. The molecule has 2 heterocycles. The first-order valence-corrected chi connectivity index (χ1v) is 9.43. The molecule has 2 aromatic heterocycles. The lowest BCUT2D eigenvalue weighted by Gasteiger charge is -2.09. The standard InChI is InChI=1S/C19H17N3O6S/c1-11-15(12(2)28-21-11)10-29-18-14(5-4-8-20-18)19(23)27-17-7-6-13(26-3)9-16(17)22(24)25/h4-9H,10H2,1-3H3. The first-order chi connectivity index (χ1) is 13.9. The SMILES string of the molecule is COc1ccc(OC(=O)c2cccnc2SCc2c(C)noc2C)c([N+](=O)[O-])c1. The molecule has 0 aliphatic rings. The maximum Gasteiger partial charge on any atom is 0.346 e. The van der Waals surface area contributed by atoms with Gasteiger partial charge in [-0.15, -0.1) is 11.8 Å². The second kappa shape index (κ2) is 8.74. The van der Waals surface area contributed by atoms with Crippen molar-refractivity contribution in [3.05, 3.63) is 69.2 Å². The van der Waals surface area contributed by atoms with Gasteiger partial charge in [-0.25, -0.2) is 9.78 Å².